The summed E-state index contributed by atoms with van der Waals surface area (Å²) in [4.78, 5) is 12.2. The average Bonchev–Trinajstić information content (AvgIpc) is 2.38. The van der Waals surface area contributed by atoms with Gasteiger partial charge < -0.3 is 5.73 Å². The van der Waals surface area contributed by atoms with E-state index in [4.69, 9.17) is 5.73 Å². The van der Waals surface area contributed by atoms with Gasteiger partial charge in [0.15, 0.2) is 5.78 Å². The normalized spacial score (nSPS) is 12.1. The van der Waals surface area contributed by atoms with Gasteiger partial charge in [0, 0.05) is 5.56 Å². The summed E-state index contributed by atoms with van der Waals surface area (Å²) >= 11 is 0. The lowest BCUT2D eigenvalue weighted by molar-refractivity contribution is 0.0961. The van der Waals surface area contributed by atoms with E-state index in [0.717, 1.165) is 11.1 Å². The van der Waals surface area contributed by atoms with E-state index in [1.165, 1.54) is 0 Å². The van der Waals surface area contributed by atoms with Crippen LogP contribution in [0.1, 0.15) is 27.5 Å². The molecule has 1 atom stereocenters. The van der Waals surface area contributed by atoms with Crippen LogP contribution in [0.25, 0.3) is 0 Å². The Morgan fingerprint density at radius 1 is 1.06 bits per heavy atom. The Morgan fingerprint density at radius 2 is 1.76 bits per heavy atom. The van der Waals surface area contributed by atoms with Gasteiger partial charge in [0.1, 0.15) is 0 Å². The summed E-state index contributed by atoms with van der Waals surface area (Å²) in [6.07, 6.45) is 0. The maximum Gasteiger partial charge on any atom is 0.184 e. The predicted molar refractivity (Wildman–Crippen MR) is 68.9 cm³/mol. The van der Waals surface area contributed by atoms with Crippen LogP contribution in [0.4, 0.5) is 0 Å². The van der Waals surface area contributed by atoms with Crippen LogP contribution in [0.5, 0.6) is 0 Å². The SMILES string of the molecule is Cc1cccc(C(=O)[C@H](N)c2ccccc2)c1. The van der Waals surface area contributed by atoms with Gasteiger partial charge in [0.2, 0.25) is 0 Å². The van der Waals surface area contributed by atoms with E-state index in [2.05, 4.69) is 0 Å². The molecule has 2 rings (SSSR count). The molecule has 0 saturated carbocycles. The highest BCUT2D eigenvalue weighted by molar-refractivity contribution is 6.00. The quantitative estimate of drug-likeness (QED) is 0.816. The minimum atomic E-state index is -0.585. The van der Waals surface area contributed by atoms with Gasteiger partial charge in [-0.15, -0.1) is 0 Å². The molecule has 0 saturated heterocycles. The molecule has 0 radical (unpaired) electrons. The van der Waals surface area contributed by atoms with Crippen LogP contribution in [0.15, 0.2) is 54.6 Å². The zero-order valence-electron chi connectivity index (χ0n) is 9.76. The number of benzene rings is 2. The molecule has 86 valence electrons. The third kappa shape index (κ3) is 2.60. The molecule has 0 aromatic heterocycles. The van der Waals surface area contributed by atoms with Crippen molar-refractivity contribution in [2.75, 3.05) is 0 Å². The fourth-order valence-corrected chi connectivity index (χ4v) is 1.79. The van der Waals surface area contributed by atoms with Gasteiger partial charge >= 0.3 is 0 Å². The second-order valence-electron chi connectivity index (χ2n) is 4.12. The molecule has 0 aliphatic rings. The van der Waals surface area contributed by atoms with Crippen LogP contribution in [-0.2, 0) is 0 Å². The summed E-state index contributed by atoms with van der Waals surface area (Å²) in [5, 5.41) is 0. The largest absolute Gasteiger partial charge is 0.318 e. The molecule has 2 aromatic carbocycles. The standard InChI is InChI=1S/C15H15NO/c1-11-6-5-9-13(10-11)15(17)14(16)12-7-3-2-4-8-12/h2-10,14H,16H2,1H3/t14-/m1/s1. The minimum Gasteiger partial charge on any atom is -0.318 e. The number of carbonyl (C=O) groups excluding carboxylic acids is 1. The van der Waals surface area contributed by atoms with Gasteiger partial charge in [-0.1, -0.05) is 54.1 Å². The number of hydrogen-bond donors (Lipinski definition) is 1. The number of Topliss-reactive ketones (excluding diaryl/α,β-unsaturated/α-hetero) is 1. The second-order valence-corrected chi connectivity index (χ2v) is 4.12. The van der Waals surface area contributed by atoms with Gasteiger partial charge in [-0.3, -0.25) is 4.79 Å². The third-order valence-corrected chi connectivity index (χ3v) is 2.74. The Hall–Kier alpha value is -1.93. The number of aryl methyl sites for hydroxylation is 1. The zero-order chi connectivity index (χ0) is 12.3. The highest BCUT2D eigenvalue weighted by atomic mass is 16.1. The smallest absolute Gasteiger partial charge is 0.184 e. The zero-order valence-corrected chi connectivity index (χ0v) is 9.76. The van der Waals surface area contributed by atoms with Crippen LogP contribution in [0, 0.1) is 6.92 Å². The number of carbonyl (C=O) groups is 1. The van der Waals surface area contributed by atoms with Crippen molar-refractivity contribution in [2.45, 2.75) is 13.0 Å². The molecule has 0 aliphatic heterocycles. The van der Waals surface area contributed by atoms with E-state index in [-0.39, 0.29) is 5.78 Å². The molecule has 0 fully saturated rings. The molecule has 2 nitrogen and oxygen atoms in total. The van der Waals surface area contributed by atoms with Crippen LogP contribution < -0.4 is 5.73 Å². The van der Waals surface area contributed by atoms with E-state index in [0.29, 0.717) is 5.56 Å². The summed E-state index contributed by atoms with van der Waals surface area (Å²) in [6.45, 7) is 1.96. The predicted octanol–water partition coefficient (Wildman–Crippen LogP) is 2.88. The number of rotatable bonds is 3. The van der Waals surface area contributed by atoms with Crippen LogP contribution >= 0.6 is 0 Å². The summed E-state index contributed by atoms with van der Waals surface area (Å²) in [6, 6.07) is 16.4. The van der Waals surface area contributed by atoms with Gasteiger partial charge in [0.25, 0.3) is 0 Å². The first-order valence-electron chi connectivity index (χ1n) is 5.60. The van der Waals surface area contributed by atoms with Crippen molar-refractivity contribution < 1.29 is 4.79 Å². The van der Waals surface area contributed by atoms with Crippen molar-refractivity contribution in [3.8, 4) is 0 Å². The fraction of sp³-hybridized carbons (Fsp3) is 0.133. The van der Waals surface area contributed by atoms with Crippen molar-refractivity contribution in [2.24, 2.45) is 5.73 Å². The Labute approximate surface area is 101 Å². The highest BCUT2D eigenvalue weighted by Gasteiger charge is 2.17. The van der Waals surface area contributed by atoms with Crippen LogP contribution in [0.2, 0.25) is 0 Å². The number of ketones is 1. The van der Waals surface area contributed by atoms with E-state index < -0.39 is 6.04 Å². The summed E-state index contributed by atoms with van der Waals surface area (Å²) in [5.74, 6) is -0.0418. The highest BCUT2D eigenvalue weighted by Crippen LogP contribution is 2.16. The monoisotopic (exact) mass is 225 g/mol. The lowest BCUT2D eigenvalue weighted by Gasteiger charge is -2.11. The van der Waals surface area contributed by atoms with Crippen molar-refractivity contribution in [3.05, 3.63) is 71.3 Å². The van der Waals surface area contributed by atoms with Gasteiger partial charge in [0.05, 0.1) is 6.04 Å². The summed E-state index contributed by atoms with van der Waals surface area (Å²) < 4.78 is 0. The maximum atomic E-state index is 12.2. The molecule has 0 spiro atoms. The first kappa shape index (κ1) is 11.6. The molecule has 0 bridgehead atoms. The molecule has 0 heterocycles. The molecule has 2 N–H and O–H groups in total. The average molecular weight is 225 g/mol. The first-order chi connectivity index (χ1) is 8.18. The Kier molecular flexibility index (Phi) is 3.35. The third-order valence-electron chi connectivity index (χ3n) is 2.74. The van der Waals surface area contributed by atoms with Gasteiger partial charge in [-0.25, -0.2) is 0 Å². The lowest BCUT2D eigenvalue weighted by atomic mass is 9.97. The number of nitrogens with two attached hydrogens (primary N) is 1. The van der Waals surface area contributed by atoms with E-state index in [1.54, 1.807) is 6.07 Å². The molecule has 0 aliphatic carbocycles. The van der Waals surface area contributed by atoms with E-state index in [9.17, 15) is 4.79 Å². The van der Waals surface area contributed by atoms with Crippen molar-refractivity contribution in [3.63, 3.8) is 0 Å². The molecule has 0 unspecified atom stereocenters. The summed E-state index contributed by atoms with van der Waals surface area (Å²) in [5.41, 5.74) is 8.55. The molecular formula is C15H15NO. The molecule has 2 aromatic rings. The Morgan fingerprint density at radius 3 is 2.41 bits per heavy atom. The fourth-order valence-electron chi connectivity index (χ4n) is 1.79. The van der Waals surface area contributed by atoms with E-state index in [1.807, 2.05) is 55.5 Å². The van der Waals surface area contributed by atoms with Crippen molar-refractivity contribution in [1.29, 1.82) is 0 Å². The van der Waals surface area contributed by atoms with Crippen molar-refractivity contribution in [1.82, 2.24) is 0 Å². The Bertz CT molecular complexity index is 519. The van der Waals surface area contributed by atoms with Gasteiger partial charge in [-0.05, 0) is 18.6 Å². The van der Waals surface area contributed by atoms with Crippen LogP contribution in [0.3, 0.4) is 0 Å². The van der Waals surface area contributed by atoms with Crippen LogP contribution in [-0.4, -0.2) is 5.78 Å². The topological polar surface area (TPSA) is 43.1 Å². The Balaban J connectivity index is 2.27. The molecule has 17 heavy (non-hydrogen) atoms. The first-order valence-corrected chi connectivity index (χ1v) is 5.60. The van der Waals surface area contributed by atoms with Crippen molar-refractivity contribution >= 4 is 5.78 Å². The maximum absolute atomic E-state index is 12.2. The lowest BCUT2D eigenvalue weighted by Crippen LogP contribution is -2.21. The number of hydrogen-bond acceptors (Lipinski definition) is 2. The van der Waals surface area contributed by atoms with E-state index >= 15 is 0 Å². The summed E-state index contributed by atoms with van der Waals surface area (Å²) in [7, 11) is 0. The molecule has 0 amide bonds. The van der Waals surface area contributed by atoms with Gasteiger partial charge in [-0.2, -0.15) is 0 Å². The minimum absolute atomic E-state index is 0.0418. The molecule has 2 heteroatoms. The second kappa shape index (κ2) is 4.93. The molecular weight excluding hydrogens is 210 g/mol.